The average molecular weight is 367 g/mol. The summed E-state index contributed by atoms with van der Waals surface area (Å²) in [4.78, 5) is 12.7. The van der Waals surface area contributed by atoms with Crippen molar-refractivity contribution in [3.05, 3.63) is 11.6 Å². The van der Waals surface area contributed by atoms with E-state index in [2.05, 4.69) is 35.9 Å². The fraction of sp³-hybridized carbons (Fsp3) is 0.842. The van der Waals surface area contributed by atoms with Crippen molar-refractivity contribution < 1.29 is 9.90 Å². The van der Waals surface area contributed by atoms with E-state index in [1.54, 1.807) is 0 Å². The van der Waals surface area contributed by atoms with Gasteiger partial charge in [0.2, 0.25) is 0 Å². The largest absolute Gasteiger partial charge is 0.393 e. The zero-order valence-electron chi connectivity index (χ0n) is 13.6. The van der Waals surface area contributed by atoms with Crippen molar-refractivity contribution in [1.29, 1.82) is 0 Å². The first kappa shape index (κ1) is 15.4. The Labute approximate surface area is 141 Å². The molecule has 0 aromatic rings. The number of aliphatic hydroxyl groups excluding tert-OH is 1. The van der Waals surface area contributed by atoms with Gasteiger partial charge in [0.05, 0.1) is 10.9 Å². The number of hydrogen-bond donors (Lipinski definition) is 1. The SMILES string of the molecule is C[C@]12CCC(O)CC1=CC[C@@H]1[C@H]2CC[C@]2(C)C(=O)C(Br)C[C@@H]12. The molecule has 0 saturated heterocycles. The van der Waals surface area contributed by atoms with Crippen LogP contribution >= 0.6 is 15.9 Å². The zero-order valence-corrected chi connectivity index (χ0v) is 15.2. The predicted octanol–water partition coefficient (Wildman–Crippen LogP) is 4.25. The number of ketones is 1. The molecule has 0 spiro atoms. The fourth-order valence-electron chi connectivity index (χ4n) is 6.39. The maximum absolute atomic E-state index is 12.6. The average Bonchev–Trinajstić information content (AvgIpc) is 2.72. The van der Waals surface area contributed by atoms with E-state index in [4.69, 9.17) is 0 Å². The summed E-state index contributed by atoms with van der Waals surface area (Å²) in [6.45, 7) is 4.66. The Morgan fingerprint density at radius 1 is 1.18 bits per heavy atom. The van der Waals surface area contributed by atoms with Crippen LogP contribution in [0.4, 0.5) is 0 Å². The van der Waals surface area contributed by atoms with Gasteiger partial charge in [-0.25, -0.2) is 0 Å². The highest BCUT2D eigenvalue weighted by atomic mass is 79.9. The summed E-state index contributed by atoms with van der Waals surface area (Å²) >= 11 is 3.64. The van der Waals surface area contributed by atoms with Crippen molar-refractivity contribution in [3.63, 3.8) is 0 Å². The Balaban J connectivity index is 1.70. The summed E-state index contributed by atoms with van der Waals surface area (Å²) in [5, 5.41) is 10.0. The third-order valence-corrected chi connectivity index (χ3v) is 8.57. The molecule has 0 radical (unpaired) electrons. The van der Waals surface area contributed by atoms with Gasteiger partial charge in [-0.1, -0.05) is 41.4 Å². The fourth-order valence-corrected chi connectivity index (χ4v) is 7.32. The lowest BCUT2D eigenvalue weighted by Gasteiger charge is -2.56. The van der Waals surface area contributed by atoms with Crippen LogP contribution in [0.1, 0.15) is 58.8 Å². The van der Waals surface area contributed by atoms with Crippen LogP contribution < -0.4 is 0 Å². The van der Waals surface area contributed by atoms with Crippen LogP contribution in [-0.4, -0.2) is 21.8 Å². The van der Waals surface area contributed by atoms with Crippen LogP contribution in [-0.2, 0) is 4.79 Å². The van der Waals surface area contributed by atoms with Crippen LogP contribution in [0.25, 0.3) is 0 Å². The van der Waals surface area contributed by atoms with E-state index in [1.807, 2.05) is 0 Å². The number of hydrogen-bond acceptors (Lipinski definition) is 2. The quantitative estimate of drug-likeness (QED) is 0.513. The summed E-state index contributed by atoms with van der Waals surface area (Å²) in [6, 6.07) is 0. The molecule has 0 aromatic heterocycles. The lowest BCUT2D eigenvalue weighted by molar-refractivity contribution is -0.131. The second-order valence-corrected chi connectivity index (χ2v) is 9.78. The smallest absolute Gasteiger partial charge is 0.152 e. The highest BCUT2D eigenvalue weighted by Gasteiger charge is 2.60. The second-order valence-electron chi connectivity index (χ2n) is 8.68. The Morgan fingerprint density at radius 2 is 1.91 bits per heavy atom. The molecule has 3 heteroatoms. The Kier molecular flexibility index (Phi) is 3.44. The lowest BCUT2D eigenvalue weighted by atomic mass is 9.48. The normalized spacial score (nSPS) is 54.3. The third kappa shape index (κ3) is 1.90. The molecule has 4 aliphatic carbocycles. The molecule has 2 unspecified atom stereocenters. The van der Waals surface area contributed by atoms with Gasteiger partial charge in [-0.3, -0.25) is 4.79 Å². The first-order valence-electron chi connectivity index (χ1n) is 8.92. The molecule has 2 nitrogen and oxygen atoms in total. The van der Waals surface area contributed by atoms with Gasteiger partial charge >= 0.3 is 0 Å². The number of alkyl halides is 1. The highest BCUT2D eigenvalue weighted by molar-refractivity contribution is 9.10. The number of allylic oxidation sites excluding steroid dienone is 1. The van der Waals surface area contributed by atoms with Gasteiger partial charge in [0.25, 0.3) is 0 Å². The number of rotatable bonds is 0. The van der Waals surface area contributed by atoms with E-state index in [1.165, 1.54) is 12.0 Å². The van der Waals surface area contributed by atoms with Gasteiger partial charge in [0.1, 0.15) is 0 Å². The number of halogens is 1. The molecule has 7 atom stereocenters. The van der Waals surface area contributed by atoms with Gasteiger partial charge < -0.3 is 5.11 Å². The van der Waals surface area contributed by atoms with Crippen LogP contribution in [0.2, 0.25) is 0 Å². The molecule has 4 rings (SSSR count). The number of carbonyl (C=O) groups is 1. The standard InChI is InChI=1S/C19H27BrO2/c1-18-7-5-12(21)9-11(18)3-4-13-14(18)6-8-19(2)15(13)10-16(20)17(19)22/h3,12-16,21H,4-10H2,1-2H3/t12?,13-,14-,15+,16?,18+,19+/m1/s1. The summed E-state index contributed by atoms with van der Waals surface area (Å²) in [5.74, 6) is 2.37. The number of carbonyl (C=O) groups excluding carboxylic acids is 1. The van der Waals surface area contributed by atoms with Crippen molar-refractivity contribution >= 4 is 21.7 Å². The topological polar surface area (TPSA) is 37.3 Å². The number of fused-ring (bicyclic) bond motifs is 5. The predicted molar refractivity (Wildman–Crippen MR) is 90.8 cm³/mol. The van der Waals surface area contributed by atoms with E-state index in [0.717, 1.165) is 38.5 Å². The summed E-state index contributed by atoms with van der Waals surface area (Å²) in [7, 11) is 0. The molecule has 22 heavy (non-hydrogen) atoms. The molecule has 4 aliphatic rings. The molecule has 0 aliphatic heterocycles. The van der Waals surface area contributed by atoms with Crippen molar-refractivity contribution in [3.8, 4) is 0 Å². The molecule has 122 valence electrons. The minimum absolute atomic E-state index is 0.0765. The van der Waals surface area contributed by atoms with E-state index >= 15 is 0 Å². The zero-order chi connectivity index (χ0) is 15.7. The van der Waals surface area contributed by atoms with Gasteiger partial charge in [-0.05, 0) is 68.1 Å². The van der Waals surface area contributed by atoms with Gasteiger partial charge in [0, 0.05) is 5.41 Å². The first-order chi connectivity index (χ1) is 10.4. The lowest BCUT2D eigenvalue weighted by Crippen LogP contribution is -2.50. The van der Waals surface area contributed by atoms with E-state index < -0.39 is 0 Å². The molecular formula is C19H27BrO2. The molecule has 1 N–H and O–H groups in total. The van der Waals surface area contributed by atoms with Crippen molar-refractivity contribution in [2.45, 2.75) is 69.7 Å². The summed E-state index contributed by atoms with van der Waals surface area (Å²) in [5.41, 5.74) is 1.69. The number of aliphatic hydroxyl groups is 1. The Bertz CT molecular complexity index is 542. The maximum atomic E-state index is 12.6. The van der Waals surface area contributed by atoms with Gasteiger partial charge in [0.15, 0.2) is 5.78 Å². The third-order valence-electron chi connectivity index (χ3n) is 7.78. The van der Waals surface area contributed by atoms with E-state index in [9.17, 15) is 9.90 Å². The Hall–Kier alpha value is -0.150. The van der Waals surface area contributed by atoms with Crippen molar-refractivity contribution in [1.82, 2.24) is 0 Å². The van der Waals surface area contributed by atoms with Gasteiger partial charge in [-0.2, -0.15) is 0 Å². The van der Waals surface area contributed by atoms with E-state index in [0.29, 0.717) is 23.5 Å². The van der Waals surface area contributed by atoms with Crippen LogP contribution in [0.5, 0.6) is 0 Å². The molecule has 0 amide bonds. The highest BCUT2D eigenvalue weighted by Crippen LogP contribution is 2.64. The van der Waals surface area contributed by atoms with Crippen molar-refractivity contribution in [2.24, 2.45) is 28.6 Å². The first-order valence-corrected chi connectivity index (χ1v) is 9.84. The minimum Gasteiger partial charge on any atom is -0.393 e. The molecule has 0 heterocycles. The molecular weight excluding hydrogens is 340 g/mol. The summed E-state index contributed by atoms with van der Waals surface area (Å²) < 4.78 is 0. The monoisotopic (exact) mass is 366 g/mol. The Morgan fingerprint density at radius 3 is 2.68 bits per heavy atom. The van der Waals surface area contributed by atoms with Crippen LogP contribution in [0.15, 0.2) is 11.6 Å². The van der Waals surface area contributed by atoms with Crippen molar-refractivity contribution in [2.75, 3.05) is 0 Å². The molecule has 3 saturated carbocycles. The molecule has 0 aromatic carbocycles. The second kappa shape index (κ2) is 4.92. The van der Waals surface area contributed by atoms with E-state index in [-0.39, 0.29) is 21.8 Å². The maximum Gasteiger partial charge on any atom is 0.152 e. The molecule has 0 bridgehead atoms. The number of Topliss-reactive ketones (excluding diaryl/α,β-unsaturated/α-hetero) is 1. The molecule has 3 fully saturated rings. The summed E-state index contributed by atoms with van der Waals surface area (Å²) in [6.07, 6.45) is 9.63. The van der Waals surface area contributed by atoms with Crippen LogP contribution in [0, 0.1) is 28.6 Å². The van der Waals surface area contributed by atoms with Crippen LogP contribution in [0.3, 0.4) is 0 Å². The minimum atomic E-state index is -0.135. The van der Waals surface area contributed by atoms with Gasteiger partial charge in [-0.15, -0.1) is 0 Å².